The third-order valence-electron chi connectivity index (χ3n) is 3.72. The largest absolute Gasteiger partial charge is 0.497 e. The van der Waals surface area contributed by atoms with Crippen molar-refractivity contribution >= 4 is 22.8 Å². The molecular formula is C20H16O3. The van der Waals surface area contributed by atoms with Crippen LogP contribution in [0.5, 0.6) is 5.75 Å². The summed E-state index contributed by atoms with van der Waals surface area (Å²) in [7, 11) is 1.65. The van der Waals surface area contributed by atoms with E-state index in [9.17, 15) is 4.79 Å². The van der Waals surface area contributed by atoms with Crippen LogP contribution in [0.1, 0.15) is 5.56 Å². The molecule has 0 fully saturated rings. The smallest absolute Gasteiger partial charge is 0.328 e. The Morgan fingerprint density at radius 1 is 1.00 bits per heavy atom. The van der Waals surface area contributed by atoms with E-state index in [0.717, 1.165) is 39.3 Å². The Kier molecular flexibility index (Phi) is 4.11. The van der Waals surface area contributed by atoms with Crippen molar-refractivity contribution in [3.05, 3.63) is 72.3 Å². The number of rotatable bonds is 4. The lowest BCUT2D eigenvalue weighted by Crippen LogP contribution is -1.88. The van der Waals surface area contributed by atoms with E-state index in [1.807, 2.05) is 54.6 Å². The van der Waals surface area contributed by atoms with Crippen molar-refractivity contribution in [3.8, 4) is 16.9 Å². The second-order valence-corrected chi connectivity index (χ2v) is 5.19. The molecule has 0 saturated heterocycles. The van der Waals surface area contributed by atoms with Gasteiger partial charge in [-0.2, -0.15) is 0 Å². The van der Waals surface area contributed by atoms with Gasteiger partial charge in [0.15, 0.2) is 0 Å². The fourth-order valence-electron chi connectivity index (χ4n) is 2.58. The van der Waals surface area contributed by atoms with Gasteiger partial charge in [-0.05, 0) is 51.7 Å². The number of aliphatic carboxylic acids is 1. The Bertz CT molecular complexity index is 894. The molecule has 0 aliphatic rings. The summed E-state index contributed by atoms with van der Waals surface area (Å²) in [5.74, 6) is -0.125. The lowest BCUT2D eigenvalue weighted by molar-refractivity contribution is -0.131. The van der Waals surface area contributed by atoms with Gasteiger partial charge in [-0.1, -0.05) is 42.5 Å². The molecule has 114 valence electrons. The standard InChI is InChI=1S/C20H16O3/c1-23-18-10-8-15-12-17(7-6-16(15)13-18)19-5-3-2-4-14(19)9-11-20(21)22/h2-13H,1H3,(H,21,22)/b11-9+. The van der Waals surface area contributed by atoms with Gasteiger partial charge < -0.3 is 9.84 Å². The van der Waals surface area contributed by atoms with Gasteiger partial charge in [0.25, 0.3) is 0 Å². The van der Waals surface area contributed by atoms with Crippen molar-refractivity contribution in [1.29, 1.82) is 0 Å². The minimum Gasteiger partial charge on any atom is -0.497 e. The Hall–Kier alpha value is -3.07. The number of hydrogen-bond acceptors (Lipinski definition) is 2. The first-order valence-electron chi connectivity index (χ1n) is 7.25. The molecule has 3 nitrogen and oxygen atoms in total. The average Bonchev–Trinajstić information content (AvgIpc) is 2.59. The molecule has 0 aromatic heterocycles. The van der Waals surface area contributed by atoms with Crippen LogP contribution >= 0.6 is 0 Å². The van der Waals surface area contributed by atoms with Gasteiger partial charge in [0.05, 0.1) is 7.11 Å². The molecular weight excluding hydrogens is 288 g/mol. The maximum atomic E-state index is 10.8. The summed E-state index contributed by atoms with van der Waals surface area (Å²) in [4.78, 5) is 10.8. The molecule has 0 amide bonds. The van der Waals surface area contributed by atoms with Crippen molar-refractivity contribution < 1.29 is 14.6 Å². The molecule has 0 heterocycles. The predicted molar refractivity (Wildman–Crippen MR) is 92.6 cm³/mol. The van der Waals surface area contributed by atoms with Gasteiger partial charge in [-0.15, -0.1) is 0 Å². The van der Waals surface area contributed by atoms with E-state index in [-0.39, 0.29) is 0 Å². The van der Waals surface area contributed by atoms with E-state index >= 15 is 0 Å². The van der Waals surface area contributed by atoms with Crippen LogP contribution in [0.25, 0.3) is 28.0 Å². The van der Waals surface area contributed by atoms with E-state index in [4.69, 9.17) is 9.84 Å². The Morgan fingerprint density at radius 3 is 2.52 bits per heavy atom. The van der Waals surface area contributed by atoms with Crippen molar-refractivity contribution in [2.24, 2.45) is 0 Å². The van der Waals surface area contributed by atoms with Crippen molar-refractivity contribution in [3.63, 3.8) is 0 Å². The Balaban J connectivity index is 2.08. The molecule has 0 unspecified atom stereocenters. The summed E-state index contributed by atoms with van der Waals surface area (Å²) < 4.78 is 5.25. The highest BCUT2D eigenvalue weighted by Crippen LogP contribution is 2.29. The highest BCUT2D eigenvalue weighted by atomic mass is 16.5. The maximum absolute atomic E-state index is 10.8. The van der Waals surface area contributed by atoms with Crippen LogP contribution < -0.4 is 4.74 Å². The highest BCUT2D eigenvalue weighted by molar-refractivity contribution is 5.91. The van der Waals surface area contributed by atoms with Gasteiger partial charge in [0.1, 0.15) is 5.75 Å². The summed E-state index contributed by atoms with van der Waals surface area (Å²) in [6.07, 6.45) is 2.78. The lowest BCUT2D eigenvalue weighted by Gasteiger charge is -2.09. The number of benzene rings is 3. The zero-order valence-corrected chi connectivity index (χ0v) is 12.7. The molecule has 0 atom stereocenters. The summed E-state index contributed by atoms with van der Waals surface area (Å²) in [6, 6.07) is 19.9. The number of methoxy groups -OCH3 is 1. The maximum Gasteiger partial charge on any atom is 0.328 e. The van der Waals surface area contributed by atoms with E-state index in [1.54, 1.807) is 13.2 Å². The summed E-state index contributed by atoms with van der Waals surface area (Å²) in [6.45, 7) is 0. The molecule has 1 N–H and O–H groups in total. The van der Waals surface area contributed by atoms with Gasteiger partial charge >= 0.3 is 5.97 Å². The van der Waals surface area contributed by atoms with Crippen molar-refractivity contribution in [1.82, 2.24) is 0 Å². The zero-order chi connectivity index (χ0) is 16.2. The predicted octanol–water partition coefficient (Wildman–Crippen LogP) is 4.61. The van der Waals surface area contributed by atoms with Crippen molar-refractivity contribution in [2.75, 3.05) is 7.11 Å². The third-order valence-corrected chi connectivity index (χ3v) is 3.72. The number of hydrogen-bond donors (Lipinski definition) is 1. The molecule has 0 aliphatic heterocycles. The molecule has 0 saturated carbocycles. The van der Waals surface area contributed by atoms with Gasteiger partial charge in [0.2, 0.25) is 0 Å². The topological polar surface area (TPSA) is 46.5 Å². The Morgan fingerprint density at radius 2 is 1.74 bits per heavy atom. The van der Waals surface area contributed by atoms with Gasteiger partial charge in [-0.25, -0.2) is 4.79 Å². The zero-order valence-electron chi connectivity index (χ0n) is 12.7. The average molecular weight is 304 g/mol. The monoisotopic (exact) mass is 304 g/mol. The SMILES string of the molecule is COc1ccc2cc(-c3ccccc3/C=C/C(=O)O)ccc2c1. The quantitative estimate of drug-likeness (QED) is 0.716. The van der Waals surface area contributed by atoms with Crippen LogP contribution in [0.3, 0.4) is 0 Å². The molecule has 3 heteroatoms. The third kappa shape index (κ3) is 3.24. The summed E-state index contributed by atoms with van der Waals surface area (Å²) in [5.41, 5.74) is 2.93. The second kappa shape index (κ2) is 6.36. The summed E-state index contributed by atoms with van der Waals surface area (Å²) >= 11 is 0. The molecule has 0 aliphatic carbocycles. The van der Waals surface area contributed by atoms with Crippen LogP contribution in [0, 0.1) is 0 Å². The van der Waals surface area contributed by atoms with E-state index in [0.29, 0.717) is 0 Å². The molecule has 0 radical (unpaired) electrons. The number of carboxylic acids is 1. The van der Waals surface area contributed by atoms with Crippen molar-refractivity contribution in [2.45, 2.75) is 0 Å². The first-order valence-corrected chi connectivity index (χ1v) is 7.25. The van der Waals surface area contributed by atoms with E-state index < -0.39 is 5.97 Å². The van der Waals surface area contributed by atoms with Crippen LogP contribution in [-0.2, 0) is 4.79 Å². The normalized spacial score (nSPS) is 11.0. The molecule has 23 heavy (non-hydrogen) atoms. The van der Waals surface area contributed by atoms with Crippen LogP contribution in [0.2, 0.25) is 0 Å². The fraction of sp³-hybridized carbons (Fsp3) is 0.0500. The molecule has 3 rings (SSSR count). The first kappa shape index (κ1) is 14.9. The molecule has 0 spiro atoms. The molecule has 3 aromatic rings. The van der Waals surface area contributed by atoms with E-state index in [2.05, 4.69) is 6.07 Å². The summed E-state index contributed by atoms with van der Waals surface area (Å²) in [5, 5.41) is 11.0. The molecule has 0 bridgehead atoms. The number of carboxylic acid groups (broad SMARTS) is 1. The number of fused-ring (bicyclic) bond motifs is 1. The minimum atomic E-state index is -0.953. The first-order chi connectivity index (χ1) is 11.2. The van der Waals surface area contributed by atoms with Gasteiger partial charge in [-0.3, -0.25) is 0 Å². The number of carbonyl (C=O) groups is 1. The van der Waals surface area contributed by atoms with E-state index in [1.165, 1.54) is 0 Å². The van der Waals surface area contributed by atoms with Crippen LogP contribution in [0.4, 0.5) is 0 Å². The Labute approximate surface area is 134 Å². The van der Waals surface area contributed by atoms with Crippen LogP contribution in [-0.4, -0.2) is 18.2 Å². The highest BCUT2D eigenvalue weighted by Gasteiger charge is 2.05. The fourth-order valence-corrected chi connectivity index (χ4v) is 2.58. The number of ether oxygens (including phenoxy) is 1. The molecule has 3 aromatic carbocycles. The second-order valence-electron chi connectivity index (χ2n) is 5.19. The van der Waals surface area contributed by atoms with Crippen LogP contribution in [0.15, 0.2) is 66.7 Å². The van der Waals surface area contributed by atoms with Gasteiger partial charge in [0, 0.05) is 6.08 Å². The minimum absolute atomic E-state index is 0.829. The lowest BCUT2D eigenvalue weighted by atomic mass is 9.97.